The Balaban J connectivity index is 1.43. The van der Waals surface area contributed by atoms with E-state index in [0.717, 1.165) is 42.8 Å². The Morgan fingerprint density at radius 3 is 2.73 bits per heavy atom. The molecule has 1 amide bonds. The molecule has 1 saturated carbocycles. The third-order valence-corrected chi connectivity index (χ3v) is 12.6. The minimum Gasteiger partial charge on any atom is -0.490 e. The lowest BCUT2D eigenvalue weighted by atomic mass is 9.68. The number of hydrogen-bond donors (Lipinski definition) is 2. The van der Waals surface area contributed by atoms with E-state index in [0.29, 0.717) is 31.9 Å². The summed E-state index contributed by atoms with van der Waals surface area (Å²) in [6.45, 7) is 5.47. The second kappa shape index (κ2) is 12.3. The Morgan fingerprint density at radius 1 is 1.18 bits per heavy atom. The van der Waals surface area contributed by atoms with Crippen LogP contribution in [0.15, 0.2) is 48.6 Å². The van der Waals surface area contributed by atoms with Gasteiger partial charge in [-0.2, -0.15) is 0 Å². The normalized spacial score (nSPS) is 32.5. The van der Waals surface area contributed by atoms with Crippen molar-refractivity contribution in [2.75, 3.05) is 31.7 Å². The van der Waals surface area contributed by atoms with E-state index in [2.05, 4.69) is 21.8 Å². The number of nitrogens with zero attached hydrogens (tertiary/aromatic N) is 1. The molecule has 2 aliphatic heterocycles. The number of aryl methyl sites for hydroxylation is 1. The van der Waals surface area contributed by atoms with Gasteiger partial charge in [0, 0.05) is 36.2 Å². The fourth-order valence-corrected chi connectivity index (χ4v) is 9.96. The molecule has 1 fully saturated rings. The average Bonchev–Trinajstić information content (AvgIpc) is 3.10. The first-order valence-corrected chi connectivity index (χ1v) is 17.7. The smallest absolute Gasteiger partial charge is 0.264 e. The van der Waals surface area contributed by atoms with Crippen molar-refractivity contribution in [2.24, 2.45) is 17.8 Å². The second-order valence-corrected chi connectivity index (χ2v) is 15.7. The molecule has 0 radical (unpaired) electrons. The van der Waals surface area contributed by atoms with Gasteiger partial charge in [0.15, 0.2) is 0 Å². The Labute approximate surface area is 265 Å². The molecule has 0 saturated heterocycles. The molecule has 2 aliphatic carbocycles. The van der Waals surface area contributed by atoms with Crippen LogP contribution in [0.4, 0.5) is 5.69 Å². The van der Waals surface area contributed by atoms with Crippen molar-refractivity contribution in [3.8, 4) is 5.75 Å². The number of amides is 1. The van der Waals surface area contributed by atoms with Gasteiger partial charge in [-0.25, -0.2) is 13.1 Å². The zero-order chi connectivity index (χ0) is 31.2. The van der Waals surface area contributed by atoms with Gasteiger partial charge >= 0.3 is 0 Å². The van der Waals surface area contributed by atoms with Crippen molar-refractivity contribution in [3.05, 3.63) is 70.3 Å². The SMILES string of the molecule is CO[C@H]1C/C=C/[C@H](O)[C@@H]2CC[C@H]2CN2C[C@@]3(CCCc4cc(Cl)ccc43)COc3ccc(cc32)C(=O)NS(=O)(=O)[C@@H]1C(C)C. The van der Waals surface area contributed by atoms with Gasteiger partial charge in [-0.05, 0) is 97.7 Å². The van der Waals surface area contributed by atoms with E-state index in [4.69, 9.17) is 21.1 Å². The fourth-order valence-electron chi connectivity index (χ4n) is 7.91. The van der Waals surface area contributed by atoms with Crippen molar-refractivity contribution in [3.63, 3.8) is 0 Å². The molecule has 2 bridgehead atoms. The van der Waals surface area contributed by atoms with Gasteiger partial charge in [-0.1, -0.05) is 43.7 Å². The molecular weight excluding hydrogens is 600 g/mol. The van der Waals surface area contributed by atoms with Gasteiger partial charge in [0.2, 0.25) is 10.0 Å². The maximum atomic E-state index is 13.6. The molecule has 0 aromatic heterocycles. The third-order valence-electron chi connectivity index (χ3n) is 10.3. The highest BCUT2D eigenvalue weighted by atomic mass is 35.5. The number of aliphatic hydroxyl groups excluding tert-OH is 1. The molecular formula is C34H43ClN2O6S. The van der Waals surface area contributed by atoms with E-state index in [1.54, 1.807) is 38.1 Å². The minimum atomic E-state index is -4.11. The zero-order valence-electron chi connectivity index (χ0n) is 25.7. The van der Waals surface area contributed by atoms with E-state index >= 15 is 0 Å². The highest BCUT2D eigenvalue weighted by Crippen LogP contribution is 2.46. The molecule has 10 heteroatoms. The highest BCUT2D eigenvalue weighted by molar-refractivity contribution is 7.90. The van der Waals surface area contributed by atoms with Crippen molar-refractivity contribution in [2.45, 2.75) is 75.2 Å². The van der Waals surface area contributed by atoms with Crippen molar-refractivity contribution < 1.29 is 27.8 Å². The number of hydrogen-bond acceptors (Lipinski definition) is 7. The first kappa shape index (κ1) is 31.4. The lowest BCUT2D eigenvalue weighted by Gasteiger charge is -2.45. The zero-order valence-corrected chi connectivity index (χ0v) is 27.2. The Kier molecular flexibility index (Phi) is 8.78. The summed E-state index contributed by atoms with van der Waals surface area (Å²) in [5, 5.41) is 11.0. The molecule has 44 heavy (non-hydrogen) atoms. The van der Waals surface area contributed by atoms with Crippen molar-refractivity contribution in [1.29, 1.82) is 0 Å². The van der Waals surface area contributed by atoms with Gasteiger partial charge in [0.1, 0.15) is 11.0 Å². The quantitative estimate of drug-likeness (QED) is 0.431. The van der Waals surface area contributed by atoms with Gasteiger partial charge < -0.3 is 19.5 Å². The summed E-state index contributed by atoms with van der Waals surface area (Å²) in [7, 11) is -2.63. The number of nitrogens with one attached hydrogen (secondary N) is 1. The summed E-state index contributed by atoms with van der Waals surface area (Å²) in [4.78, 5) is 15.9. The number of halogens is 1. The number of methoxy groups -OCH3 is 1. The number of fused-ring (bicyclic) bond motifs is 4. The van der Waals surface area contributed by atoms with Crippen LogP contribution in [-0.2, 0) is 26.6 Å². The molecule has 2 aromatic rings. The van der Waals surface area contributed by atoms with E-state index in [9.17, 15) is 18.3 Å². The van der Waals surface area contributed by atoms with Crippen LogP contribution in [0.25, 0.3) is 0 Å². The molecule has 1 spiro atoms. The molecule has 238 valence electrons. The summed E-state index contributed by atoms with van der Waals surface area (Å²) < 4.78 is 41.8. The fraction of sp³-hybridized carbons (Fsp3) is 0.559. The monoisotopic (exact) mass is 642 g/mol. The summed E-state index contributed by atoms with van der Waals surface area (Å²) in [5.41, 5.74) is 3.24. The molecule has 0 unspecified atom stereocenters. The summed E-state index contributed by atoms with van der Waals surface area (Å²) in [5.74, 6) is -0.00166. The van der Waals surface area contributed by atoms with Crippen molar-refractivity contribution in [1.82, 2.24) is 4.72 Å². The van der Waals surface area contributed by atoms with Crippen LogP contribution < -0.4 is 14.4 Å². The van der Waals surface area contributed by atoms with Gasteiger partial charge in [-0.3, -0.25) is 4.79 Å². The largest absolute Gasteiger partial charge is 0.490 e. The molecule has 8 nitrogen and oxygen atoms in total. The third kappa shape index (κ3) is 5.88. The lowest BCUT2D eigenvalue weighted by Crippen LogP contribution is -2.49. The average molecular weight is 643 g/mol. The van der Waals surface area contributed by atoms with Crippen LogP contribution in [0.5, 0.6) is 5.75 Å². The molecule has 6 atom stereocenters. The van der Waals surface area contributed by atoms with Crippen LogP contribution in [0.2, 0.25) is 5.02 Å². The maximum Gasteiger partial charge on any atom is 0.264 e. The number of anilines is 1. The predicted octanol–water partition coefficient (Wildman–Crippen LogP) is 5.26. The molecule has 2 aromatic carbocycles. The first-order chi connectivity index (χ1) is 21.0. The summed E-state index contributed by atoms with van der Waals surface area (Å²) in [6, 6.07) is 11.3. The maximum absolute atomic E-state index is 13.6. The molecule has 2 heterocycles. The van der Waals surface area contributed by atoms with Crippen LogP contribution in [0.1, 0.15) is 67.4 Å². The minimum absolute atomic E-state index is 0.0808. The molecule has 2 N–H and O–H groups in total. The van der Waals surface area contributed by atoms with E-state index in [1.165, 1.54) is 18.2 Å². The Hall–Kier alpha value is -2.59. The van der Waals surface area contributed by atoms with E-state index in [-0.39, 0.29) is 28.7 Å². The highest BCUT2D eigenvalue weighted by Gasteiger charge is 2.44. The number of ether oxygens (including phenoxy) is 2. The number of rotatable bonds is 2. The topological polar surface area (TPSA) is 105 Å². The van der Waals surface area contributed by atoms with Crippen LogP contribution in [-0.4, -0.2) is 63.7 Å². The summed E-state index contributed by atoms with van der Waals surface area (Å²) in [6.07, 6.45) is 7.43. The number of aliphatic hydroxyl groups is 1. The van der Waals surface area contributed by atoms with E-state index < -0.39 is 33.4 Å². The second-order valence-electron chi connectivity index (χ2n) is 13.4. The van der Waals surface area contributed by atoms with Crippen LogP contribution in [0, 0.1) is 17.8 Å². The number of carbonyl (C=O) groups excluding carboxylic acids is 1. The van der Waals surface area contributed by atoms with Gasteiger partial charge in [-0.15, -0.1) is 0 Å². The first-order valence-electron chi connectivity index (χ1n) is 15.8. The van der Waals surface area contributed by atoms with Crippen LogP contribution >= 0.6 is 11.6 Å². The standard InChI is InChI=1S/C34H43ClN2O6S/c1-21(2)32-31(42-3)8-4-7-29(38)26-12-9-24(26)18-37-19-34(15-5-6-22-16-25(35)11-13-27(22)34)20-43-30-14-10-23(17-28(30)37)33(39)36-44(32,40)41/h4,7,10-11,13-14,16-17,21,24,26,29,31-32,38H,5-6,8-9,12,15,18-20H2,1-3H3,(H,36,39)/b7-4+/t24-,26+,29-,31-,32+,34-/m0/s1. The van der Waals surface area contributed by atoms with Crippen LogP contribution in [0.3, 0.4) is 0 Å². The molecule has 6 rings (SSSR count). The number of benzene rings is 2. The predicted molar refractivity (Wildman–Crippen MR) is 172 cm³/mol. The van der Waals surface area contributed by atoms with Gasteiger partial charge in [0.25, 0.3) is 5.91 Å². The molecule has 4 aliphatic rings. The van der Waals surface area contributed by atoms with Crippen molar-refractivity contribution >= 4 is 33.2 Å². The Bertz CT molecular complexity index is 1540. The van der Waals surface area contributed by atoms with Gasteiger partial charge in [0.05, 0.1) is 24.5 Å². The number of carbonyl (C=O) groups is 1. The number of sulfonamides is 1. The van der Waals surface area contributed by atoms with E-state index in [1.807, 2.05) is 12.1 Å². The Morgan fingerprint density at radius 2 is 2.00 bits per heavy atom. The summed E-state index contributed by atoms with van der Waals surface area (Å²) >= 11 is 6.40. The lowest BCUT2D eigenvalue weighted by molar-refractivity contribution is 0.0450.